The van der Waals surface area contributed by atoms with Crippen molar-refractivity contribution in [3.8, 4) is 0 Å². The Bertz CT molecular complexity index is 655. The number of hydrogen-bond donors (Lipinski definition) is 2. The topological polar surface area (TPSA) is 41.1 Å². The SMILES string of the molecule is Cc1ccc(C(C)NC(=O)Nc2ccccc2Br)cc1C. The van der Waals surface area contributed by atoms with Gasteiger partial charge in [0.1, 0.15) is 0 Å². The first kappa shape index (κ1) is 15.6. The molecule has 1 atom stereocenters. The van der Waals surface area contributed by atoms with Gasteiger partial charge in [-0.15, -0.1) is 0 Å². The smallest absolute Gasteiger partial charge is 0.319 e. The summed E-state index contributed by atoms with van der Waals surface area (Å²) in [7, 11) is 0. The second-order valence-electron chi connectivity index (χ2n) is 5.14. The molecule has 110 valence electrons. The van der Waals surface area contributed by atoms with Gasteiger partial charge in [0.25, 0.3) is 0 Å². The summed E-state index contributed by atoms with van der Waals surface area (Å²) in [5, 5.41) is 5.79. The van der Waals surface area contributed by atoms with Crippen LogP contribution in [0.4, 0.5) is 10.5 Å². The van der Waals surface area contributed by atoms with Crippen LogP contribution < -0.4 is 10.6 Å². The van der Waals surface area contributed by atoms with Crippen LogP contribution in [-0.4, -0.2) is 6.03 Å². The van der Waals surface area contributed by atoms with Gasteiger partial charge in [-0.3, -0.25) is 0 Å². The highest BCUT2D eigenvalue weighted by Crippen LogP contribution is 2.21. The molecule has 21 heavy (non-hydrogen) atoms. The van der Waals surface area contributed by atoms with Crippen molar-refractivity contribution >= 4 is 27.6 Å². The van der Waals surface area contributed by atoms with Crippen molar-refractivity contribution in [2.75, 3.05) is 5.32 Å². The lowest BCUT2D eigenvalue weighted by molar-refractivity contribution is 0.249. The zero-order valence-electron chi connectivity index (χ0n) is 12.4. The van der Waals surface area contributed by atoms with E-state index in [2.05, 4.69) is 52.5 Å². The van der Waals surface area contributed by atoms with Crippen LogP contribution in [-0.2, 0) is 0 Å². The zero-order valence-corrected chi connectivity index (χ0v) is 14.0. The van der Waals surface area contributed by atoms with Crippen molar-refractivity contribution in [2.24, 2.45) is 0 Å². The van der Waals surface area contributed by atoms with Crippen LogP contribution in [0.25, 0.3) is 0 Å². The number of rotatable bonds is 3. The van der Waals surface area contributed by atoms with Crippen LogP contribution in [0.15, 0.2) is 46.9 Å². The average molecular weight is 347 g/mol. The van der Waals surface area contributed by atoms with Crippen LogP contribution >= 0.6 is 15.9 Å². The summed E-state index contributed by atoms with van der Waals surface area (Å²) in [6, 6.07) is 13.5. The van der Waals surface area contributed by atoms with Gasteiger partial charge in [0.05, 0.1) is 11.7 Å². The maximum atomic E-state index is 12.1. The molecule has 2 aromatic rings. The molecular weight excluding hydrogens is 328 g/mol. The summed E-state index contributed by atoms with van der Waals surface area (Å²) < 4.78 is 0.860. The number of halogens is 1. The first-order valence-corrected chi connectivity index (χ1v) is 7.66. The van der Waals surface area contributed by atoms with Gasteiger partial charge in [0.15, 0.2) is 0 Å². The van der Waals surface area contributed by atoms with E-state index in [1.54, 1.807) is 0 Å². The van der Waals surface area contributed by atoms with Crippen LogP contribution in [0.1, 0.15) is 29.7 Å². The summed E-state index contributed by atoms with van der Waals surface area (Å²) in [4.78, 5) is 12.1. The Hall–Kier alpha value is -1.81. The molecule has 1 unspecified atom stereocenters. The minimum absolute atomic E-state index is 0.0493. The maximum Gasteiger partial charge on any atom is 0.319 e. The van der Waals surface area contributed by atoms with Gasteiger partial charge in [-0.1, -0.05) is 30.3 Å². The molecule has 2 N–H and O–H groups in total. The average Bonchev–Trinajstić information content (AvgIpc) is 2.44. The van der Waals surface area contributed by atoms with E-state index in [4.69, 9.17) is 0 Å². The molecular formula is C17H19BrN2O. The number of para-hydroxylation sites is 1. The minimum atomic E-state index is -0.215. The molecule has 0 heterocycles. The highest BCUT2D eigenvalue weighted by molar-refractivity contribution is 9.10. The van der Waals surface area contributed by atoms with E-state index in [1.807, 2.05) is 37.3 Å². The second kappa shape index (κ2) is 6.76. The third-order valence-electron chi connectivity index (χ3n) is 3.50. The lowest BCUT2D eigenvalue weighted by Crippen LogP contribution is -2.31. The van der Waals surface area contributed by atoms with Crippen molar-refractivity contribution in [1.29, 1.82) is 0 Å². The maximum absolute atomic E-state index is 12.1. The zero-order chi connectivity index (χ0) is 15.4. The Morgan fingerprint density at radius 3 is 2.48 bits per heavy atom. The number of amides is 2. The molecule has 4 heteroatoms. The number of carbonyl (C=O) groups excluding carboxylic acids is 1. The molecule has 0 saturated carbocycles. The van der Waals surface area contributed by atoms with Crippen molar-refractivity contribution < 1.29 is 4.79 Å². The Morgan fingerprint density at radius 1 is 1.10 bits per heavy atom. The normalized spacial score (nSPS) is 11.8. The molecule has 0 spiro atoms. The van der Waals surface area contributed by atoms with Crippen molar-refractivity contribution in [3.63, 3.8) is 0 Å². The third kappa shape index (κ3) is 4.08. The lowest BCUT2D eigenvalue weighted by atomic mass is 10.0. The van der Waals surface area contributed by atoms with Crippen molar-refractivity contribution in [2.45, 2.75) is 26.8 Å². The Labute approximate surface area is 133 Å². The minimum Gasteiger partial charge on any atom is -0.331 e. The number of anilines is 1. The fraction of sp³-hybridized carbons (Fsp3) is 0.235. The fourth-order valence-corrected chi connectivity index (χ4v) is 2.42. The number of carbonyl (C=O) groups is 1. The van der Waals surface area contributed by atoms with Gasteiger partial charge >= 0.3 is 6.03 Å². The molecule has 0 aliphatic rings. The molecule has 0 saturated heterocycles. The predicted molar refractivity (Wildman–Crippen MR) is 90.6 cm³/mol. The van der Waals surface area contributed by atoms with Crippen molar-refractivity contribution in [3.05, 3.63) is 63.6 Å². The van der Waals surface area contributed by atoms with Crippen LogP contribution in [0.2, 0.25) is 0 Å². The molecule has 3 nitrogen and oxygen atoms in total. The Morgan fingerprint density at radius 2 is 1.81 bits per heavy atom. The fourth-order valence-electron chi connectivity index (χ4n) is 2.03. The number of aryl methyl sites for hydroxylation is 2. The summed E-state index contributed by atoms with van der Waals surface area (Å²) in [6.45, 7) is 6.13. The van der Waals surface area contributed by atoms with Gasteiger partial charge in [-0.25, -0.2) is 4.79 Å². The molecule has 2 amide bonds. The van der Waals surface area contributed by atoms with E-state index >= 15 is 0 Å². The number of urea groups is 1. The monoisotopic (exact) mass is 346 g/mol. The first-order chi connectivity index (χ1) is 9.97. The first-order valence-electron chi connectivity index (χ1n) is 6.86. The summed E-state index contributed by atoms with van der Waals surface area (Å²) in [5.41, 5.74) is 4.33. The van der Waals surface area contributed by atoms with E-state index in [0.717, 1.165) is 15.7 Å². The van der Waals surface area contributed by atoms with E-state index in [-0.39, 0.29) is 12.1 Å². The molecule has 0 aliphatic heterocycles. The van der Waals surface area contributed by atoms with E-state index in [0.29, 0.717) is 0 Å². The quantitative estimate of drug-likeness (QED) is 0.811. The van der Waals surface area contributed by atoms with E-state index in [1.165, 1.54) is 11.1 Å². The molecule has 0 bridgehead atoms. The third-order valence-corrected chi connectivity index (χ3v) is 4.19. The highest BCUT2D eigenvalue weighted by Gasteiger charge is 2.11. The molecule has 0 aliphatic carbocycles. The summed E-state index contributed by atoms with van der Waals surface area (Å²) in [6.07, 6.45) is 0. The molecule has 0 radical (unpaired) electrons. The van der Waals surface area contributed by atoms with Gasteiger partial charge in [-0.05, 0) is 65.5 Å². The van der Waals surface area contributed by atoms with Crippen LogP contribution in [0.3, 0.4) is 0 Å². The standard InChI is InChI=1S/C17H19BrN2O/c1-11-8-9-14(10-12(11)2)13(3)19-17(21)20-16-7-5-4-6-15(16)18/h4-10,13H,1-3H3,(H2,19,20,21). The van der Waals surface area contributed by atoms with E-state index < -0.39 is 0 Å². The van der Waals surface area contributed by atoms with E-state index in [9.17, 15) is 4.79 Å². The number of benzene rings is 2. The van der Waals surface area contributed by atoms with Crippen LogP contribution in [0, 0.1) is 13.8 Å². The lowest BCUT2D eigenvalue weighted by Gasteiger charge is -2.16. The van der Waals surface area contributed by atoms with Crippen molar-refractivity contribution in [1.82, 2.24) is 5.32 Å². The molecule has 2 aromatic carbocycles. The van der Waals surface area contributed by atoms with Crippen LogP contribution in [0.5, 0.6) is 0 Å². The van der Waals surface area contributed by atoms with Gasteiger partial charge in [0.2, 0.25) is 0 Å². The largest absolute Gasteiger partial charge is 0.331 e. The predicted octanol–water partition coefficient (Wildman–Crippen LogP) is 4.95. The molecule has 2 rings (SSSR count). The summed E-state index contributed by atoms with van der Waals surface area (Å²) >= 11 is 3.41. The summed E-state index contributed by atoms with van der Waals surface area (Å²) in [5.74, 6) is 0. The molecule has 0 aromatic heterocycles. The van der Waals surface area contributed by atoms with Gasteiger partial charge in [-0.2, -0.15) is 0 Å². The molecule has 0 fully saturated rings. The van der Waals surface area contributed by atoms with Gasteiger partial charge < -0.3 is 10.6 Å². The Balaban J connectivity index is 2.02. The van der Waals surface area contributed by atoms with Gasteiger partial charge in [0, 0.05) is 4.47 Å². The second-order valence-corrected chi connectivity index (χ2v) is 6.00. The Kier molecular flexibility index (Phi) is 5.02. The number of nitrogens with one attached hydrogen (secondary N) is 2. The number of hydrogen-bond acceptors (Lipinski definition) is 1. The highest BCUT2D eigenvalue weighted by atomic mass is 79.9.